The molecular weight excluding hydrogens is 943 g/mol. The Labute approximate surface area is 404 Å². The number of aromatic nitrogens is 3. The van der Waals surface area contributed by atoms with Crippen molar-refractivity contribution in [3.63, 3.8) is 0 Å². The Hall–Kier alpha value is -5.06. The molecule has 2 aromatic carbocycles. The van der Waals surface area contributed by atoms with Crippen LogP contribution in [0.15, 0.2) is 47.5 Å². The Kier molecular flexibility index (Phi) is 20.1. The monoisotopic (exact) mass is 998 g/mol. The van der Waals surface area contributed by atoms with Gasteiger partial charge in [-0.1, -0.05) is 29.8 Å². The van der Waals surface area contributed by atoms with Gasteiger partial charge in [0.05, 0.1) is 77.3 Å². The van der Waals surface area contributed by atoms with E-state index in [2.05, 4.69) is 40.0 Å². The van der Waals surface area contributed by atoms with Crippen LogP contribution >= 0.6 is 31.5 Å². The third-order valence-electron chi connectivity index (χ3n) is 10.8. The van der Waals surface area contributed by atoms with E-state index in [1.54, 1.807) is 24.3 Å². The lowest BCUT2D eigenvalue weighted by atomic mass is 10.00. The molecule has 0 spiro atoms. The van der Waals surface area contributed by atoms with E-state index in [1.165, 1.54) is 17.0 Å². The molecule has 4 N–H and O–H groups in total. The first kappa shape index (κ1) is 52.3. The number of hydrogen-bond acceptors (Lipinski definition) is 16. The van der Waals surface area contributed by atoms with Gasteiger partial charge in [-0.25, -0.2) is 4.79 Å². The van der Waals surface area contributed by atoms with Gasteiger partial charge in [0.2, 0.25) is 11.6 Å². The fourth-order valence-electron chi connectivity index (χ4n) is 7.13. The first-order valence-electron chi connectivity index (χ1n) is 22.0. The number of amides is 5. The van der Waals surface area contributed by atoms with Gasteiger partial charge in [-0.2, -0.15) is 0 Å². The Morgan fingerprint density at radius 3 is 2.10 bits per heavy atom. The number of thiophene rings is 1. The van der Waals surface area contributed by atoms with Crippen LogP contribution in [0.2, 0.25) is 5.02 Å². The zero-order valence-electron chi connectivity index (χ0n) is 38.3. The third-order valence-corrected chi connectivity index (χ3v) is 13.3. The van der Waals surface area contributed by atoms with Crippen molar-refractivity contribution in [2.24, 2.45) is 4.99 Å². The van der Waals surface area contributed by atoms with Gasteiger partial charge in [0.25, 0.3) is 11.8 Å². The number of imide groups is 1. The maximum Gasteiger partial charge on any atom is 0.345 e. The molecule has 1 fully saturated rings. The fourth-order valence-corrected chi connectivity index (χ4v) is 9.45. The zero-order valence-corrected chi connectivity index (χ0v) is 40.8. The topological polar surface area (TPSA) is 247 Å². The van der Waals surface area contributed by atoms with Gasteiger partial charge in [-0.15, -0.1) is 21.5 Å². The van der Waals surface area contributed by atoms with E-state index >= 15 is 0 Å². The number of piperidine rings is 1. The summed E-state index contributed by atoms with van der Waals surface area (Å²) in [7, 11) is -0.233. The third kappa shape index (κ3) is 14.3. The van der Waals surface area contributed by atoms with E-state index in [0.717, 1.165) is 33.2 Å². The van der Waals surface area contributed by atoms with Crippen LogP contribution < -0.4 is 25.8 Å². The molecule has 0 bridgehead atoms. The Bertz CT molecular complexity index is 2430. The Balaban J connectivity index is 0.752. The minimum absolute atomic E-state index is 0.0213. The van der Waals surface area contributed by atoms with E-state index in [1.807, 2.05) is 35.8 Å². The van der Waals surface area contributed by atoms with Gasteiger partial charge in [0.15, 0.2) is 18.5 Å². The largest absolute Gasteiger partial charge is 0.626 e. The molecule has 366 valence electrons. The van der Waals surface area contributed by atoms with E-state index in [-0.39, 0.29) is 58.1 Å². The Morgan fingerprint density at radius 1 is 0.853 bits per heavy atom. The fraction of sp³-hybridized carbons (Fsp3) is 0.467. The van der Waals surface area contributed by atoms with Crippen molar-refractivity contribution in [1.82, 2.24) is 30.7 Å². The second kappa shape index (κ2) is 26.1. The van der Waals surface area contributed by atoms with Crippen molar-refractivity contribution in [2.75, 3.05) is 85.8 Å². The highest BCUT2D eigenvalue weighted by Gasteiger charge is 2.36. The average Bonchev–Trinajstić information content (AvgIpc) is 3.80. The number of aryl methyl sites for hydroxylation is 2. The van der Waals surface area contributed by atoms with E-state index in [0.29, 0.717) is 82.4 Å². The van der Waals surface area contributed by atoms with Crippen LogP contribution in [-0.4, -0.2) is 142 Å². The minimum atomic E-state index is -1.23. The first-order chi connectivity index (χ1) is 32.8. The normalized spacial score (nSPS) is 16.2. The predicted molar refractivity (Wildman–Crippen MR) is 254 cm³/mol. The number of carbonyl (C=O) groups is 5. The van der Waals surface area contributed by atoms with E-state index < -0.39 is 40.5 Å². The molecule has 4 aromatic rings. The molecule has 4 unspecified atom stereocenters. The molecule has 68 heavy (non-hydrogen) atoms. The highest BCUT2D eigenvalue weighted by Crippen LogP contribution is 2.44. The highest BCUT2D eigenvalue weighted by atomic mass is 35.5. The van der Waals surface area contributed by atoms with Crippen LogP contribution in [0, 0.1) is 32.9 Å². The summed E-state index contributed by atoms with van der Waals surface area (Å²) in [6.45, 7) is 11.4. The number of nitrogens with one attached hydrogen (secondary N) is 4. The van der Waals surface area contributed by atoms with Crippen LogP contribution in [0.5, 0.6) is 5.75 Å². The van der Waals surface area contributed by atoms with Crippen LogP contribution in [0.25, 0.3) is 5.00 Å². The molecule has 0 saturated carbocycles. The molecular formula is C45H56ClN8O12PS. The first-order valence-corrected chi connectivity index (χ1v) is 24.3. The minimum Gasteiger partial charge on any atom is -0.626 e. The molecule has 2 aliphatic rings. The standard InChI is InChI=1S/C45H56ClN8O12PS/c1-27-29(3)68-44-38(27)39(31-8-10-32(46)11-9-31)50-42(40-52-51-30(4)53(40)44)67-45(59)48-15-17-62-19-21-64-23-25-65-24-22-63-20-18-61-16-14-47-37(56)26-66-35-7-5-6-33(28(35)2)43(58)54(60)34-12-13-36(55)49-41(34)57/h5-11,34,42,54,67H,12-26H2,1-4H3,(H,47,56)(H,48,59)(H,49,55,57). The molecule has 0 aliphatic carbocycles. The predicted octanol–water partition coefficient (Wildman–Crippen LogP) is 3.06. The summed E-state index contributed by atoms with van der Waals surface area (Å²) < 4.78 is 35.4. The summed E-state index contributed by atoms with van der Waals surface area (Å²) in [6.07, 6.45) is -0.0486. The molecule has 2 aromatic heterocycles. The van der Waals surface area contributed by atoms with Gasteiger partial charge in [-0.05, 0) is 57.5 Å². The SMILES string of the molecule is Cc1sc2c(c1C)C(c1ccc(Cl)cc1)=NC(PC(=O)NCCOCCOCCOCCOCCOCCNC(=O)COc1cccc(C(=O)[NH+]([O-])C3CCC(=O)NC3=O)c1C)c1nnc(C)n1-2. The summed E-state index contributed by atoms with van der Waals surface area (Å²) >= 11 is 7.88. The Morgan fingerprint density at radius 2 is 1.47 bits per heavy atom. The smallest absolute Gasteiger partial charge is 0.345 e. The second-order valence-electron chi connectivity index (χ2n) is 15.5. The van der Waals surface area contributed by atoms with Crippen LogP contribution in [0.1, 0.15) is 67.8 Å². The second-order valence-corrected chi connectivity index (χ2v) is 18.4. The van der Waals surface area contributed by atoms with Crippen LogP contribution in [0.4, 0.5) is 4.79 Å². The molecule has 1 saturated heterocycles. The number of ether oxygens (including phenoxy) is 6. The van der Waals surface area contributed by atoms with Gasteiger partial charge in [0, 0.05) is 61.1 Å². The number of quaternary nitrogens is 1. The number of benzene rings is 2. The highest BCUT2D eigenvalue weighted by molar-refractivity contribution is 7.58. The zero-order chi connectivity index (χ0) is 48.6. The lowest BCUT2D eigenvalue weighted by molar-refractivity contribution is -0.777. The van der Waals surface area contributed by atoms with E-state index in [4.69, 9.17) is 45.0 Å². The maximum absolute atomic E-state index is 13.2. The van der Waals surface area contributed by atoms with Crippen molar-refractivity contribution in [1.29, 1.82) is 0 Å². The molecule has 2 aliphatic heterocycles. The van der Waals surface area contributed by atoms with E-state index in [9.17, 15) is 29.2 Å². The number of fused-ring (bicyclic) bond motifs is 3. The summed E-state index contributed by atoms with van der Waals surface area (Å²) in [4.78, 5) is 68.2. The molecule has 6 rings (SSSR count). The van der Waals surface area contributed by atoms with Crippen molar-refractivity contribution in [2.45, 2.75) is 52.4 Å². The van der Waals surface area contributed by atoms with Crippen molar-refractivity contribution < 1.29 is 57.5 Å². The van der Waals surface area contributed by atoms with Crippen LogP contribution in [-0.2, 0) is 38.1 Å². The summed E-state index contributed by atoms with van der Waals surface area (Å²) in [6, 6.07) is 10.9. The van der Waals surface area contributed by atoms with Gasteiger partial charge < -0.3 is 44.3 Å². The van der Waals surface area contributed by atoms with Crippen LogP contribution in [0.3, 0.4) is 0 Å². The van der Waals surface area contributed by atoms with Gasteiger partial charge in [0.1, 0.15) is 22.4 Å². The van der Waals surface area contributed by atoms with Crippen molar-refractivity contribution >= 4 is 66.5 Å². The lowest BCUT2D eigenvalue weighted by Gasteiger charge is -2.30. The number of aliphatic imine (C=N–C) groups is 1. The summed E-state index contributed by atoms with van der Waals surface area (Å²) in [5.74, 6) is -1.47. The van der Waals surface area contributed by atoms with Gasteiger partial charge >= 0.3 is 5.91 Å². The number of nitrogens with zero attached hydrogens (tertiary/aromatic N) is 4. The van der Waals surface area contributed by atoms with Gasteiger partial charge in [-0.3, -0.25) is 39.1 Å². The number of carbonyl (C=O) groups excluding carboxylic acids is 5. The quantitative estimate of drug-likeness (QED) is 0.0306. The number of rotatable bonds is 26. The molecule has 5 amide bonds. The summed E-state index contributed by atoms with van der Waals surface area (Å²) in [5, 5.41) is 30.0. The average molecular weight is 999 g/mol. The maximum atomic E-state index is 13.2. The molecule has 23 heteroatoms. The van der Waals surface area contributed by atoms with Crippen molar-refractivity contribution in [3.8, 4) is 10.8 Å². The molecule has 4 heterocycles. The molecule has 20 nitrogen and oxygen atoms in total. The summed E-state index contributed by atoms with van der Waals surface area (Å²) in [5.41, 5.74) is 4.09. The van der Waals surface area contributed by atoms with Crippen molar-refractivity contribution in [3.05, 3.63) is 97.0 Å². The molecule has 0 radical (unpaired) electrons. The number of halogens is 1. The number of hydrogen-bond donors (Lipinski definition) is 4. The molecule has 4 atom stereocenters. The lowest BCUT2D eigenvalue weighted by Crippen LogP contribution is -3.15. The number of hydroxylamine groups is 2.